The van der Waals surface area contributed by atoms with Crippen LogP contribution in [0.15, 0.2) is 47.6 Å². The van der Waals surface area contributed by atoms with Gasteiger partial charge in [0.2, 0.25) is 5.91 Å². The molecule has 33 heavy (non-hydrogen) atoms. The van der Waals surface area contributed by atoms with Gasteiger partial charge in [-0.25, -0.2) is 0 Å². The van der Waals surface area contributed by atoms with Crippen LogP contribution in [-0.2, 0) is 17.1 Å². The number of nitrogens with one attached hydrogen (secondary N) is 1. The van der Waals surface area contributed by atoms with Crippen LogP contribution in [0.5, 0.6) is 0 Å². The monoisotopic (exact) mass is 504 g/mol. The average molecular weight is 506 g/mol. The Morgan fingerprint density at radius 2 is 1.85 bits per heavy atom. The summed E-state index contributed by atoms with van der Waals surface area (Å²) in [4.78, 5) is 12.3. The number of hydrogen-bond donors (Lipinski definition) is 1. The number of nitrogens with zero attached hydrogens (tertiary/aromatic N) is 3. The Labute approximate surface area is 210 Å². The van der Waals surface area contributed by atoms with E-state index in [2.05, 4.69) is 41.5 Å². The summed E-state index contributed by atoms with van der Waals surface area (Å²) in [5.41, 5.74) is 3.20. The first-order valence-electron chi connectivity index (χ1n) is 11.3. The summed E-state index contributed by atoms with van der Waals surface area (Å²) in [6, 6.07) is 13.6. The zero-order valence-corrected chi connectivity index (χ0v) is 21.4. The van der Waals surface area contributed by atoms with E-state index in [0.717, 1.165) is 24.3 Å². The van der Waals surface area contributed by atoms with E-state index in [4.69, 9.17) is 23.2 Å². The van der Waals surface area contributed by atoms with E-state index in [9.17, 15) is 4.79 Å². The molecule has 0 saturated heterocycles. The molecule has 8 heteroatoms. The molecule has 1 aromatic heterocycles. The van der Waals surface area contributed by atoms with Gasteiger partial charge in [-0.05, 0) is 42.7 Å². The predicted octanol–water partition coefficient (Wildman–Crippen LogP) is 7.15. The second-order valence-electron chi connectivity index (χ2n) is 7.99. The Hall–Kier alpha value is -2.02. The molecule has 0 saturated carbocycles. The third-order valence-electron chi connectivity index (χ3n) is 5.42. The summed E-state index contributed by atoms with van der Waals surface area (Å²) >= 11 is 14.2. The molecule has 0 atom stereocenters. The molecule has 0 fully saturated rings. The summed E-state index contributed by atoms with van der Waals surface area (Å²) in [6.07, 6.45) is 6.09. The maximum absolute atomic E-state index is 12.3. The fraction of sp³-hybridized carbons (Fsp3) is 0.400. The van der Waals surface area contributed by atoms with Crippen LogP contribution in [0.25, 0.3) is 5.69 Å². The summed E-state index contributed by atoms with van der Waals surface area (Å²) in [5, 5.41) is 13.5. The Kier molecular flexibility index (Phi) is 10.1. The molecule has 5 nitrogen and oxygen atoms in total. The van der Waals surface area contributed by atoms with Crippen LogP contribution in [-0.4, -0.2) is 20.7 Å². The molecule has 0 spiro atoms. The fourth-order valence-electron chi connectivity index (χ4n) is 3.48. The lowest BCUT2D eigenvalue weighted by Gasteiger charge is -2.13. The smallest absolute Gasteiger partial charge is 0.220 e. The summed E-state index contributed by atoms with van der Waals surface area (Å²) in [7, 11) is 0. The van der Waals surface area contributed by atoms with Gasteiger partial charge in [-0.1, -0.05) is 91.8 Å². The number of aromatic nitrogens is 3. The minimum Gasteiger partial charge on any atom is -0.349 e. The molecule has 3 rings (SSSR count). The van der Waals surface area contributed by atoms with Gasteiger partial charge in [0, 0.05) is 17.2 Å². The Balaban J connectivity index is 1.74. The highest BCUT2D eigenvalue weighted by atomic mass is 35.5. The van der Waals surface area contributed by atoms with Crippen molar-refractivity contribution in [2.45, 2.75) is 69.8 Å². The van der Waals surface area contributed by atoms with Gasteiger partial charge in [0.1, 0.15) is 0 Å². The van der Waals surface area contributed by atoms with Crippen molar-refractivity contribution in [2.75, 3.05) is 0 Å². The molecule has 2 aromatic carbocycles. The molecule has 0 aliphatic rings. The number of rotatable bonds is 12. The van der Waals surface area contributed by atoms with E-state index in [0.29, 0.717) is 27.4 Å². The largest absolute Gasteiger partial charge is 0.349 e. The molecule has 176 valence electrons. The Bertz CT molecular complexity index is 1070. The van der Waals surface area contributed by atoms with E-state index >= 15 is 0 Å². The van der Waals surface area contributed by atoms with Gasteiger partial charge in [0.15, 0.2) is 11.0 Å². The van der Waals surface area contributed by atoms with Crippen molar-refractivity contribution in [3.05, 3.63) is 69.5 Å². The first-order valence-corrected chi connectivity index (χ1v) is 13.1. The normalized spacial score (nSPS) is 11.0. The lowest BCUT2D eigenvalue weighted by atomic mass is 10.1. The van der Waals surface area contributed by atoms with Crippen molar-refractivity contribution >= 4 is 40.9 Å². The molecule has 1 N–H and O–H groups in total. The molecule has 0 unspecified atom stereocenters. The standard InChI is InChI=1S/C25H30Cl2N4OS/c1-3-4-5-6-7-12-24(32)28-16-23-29-30-25(33-17-19-11-9-8-10-18(19)2)31(23)22-14-13-20(26)15-21(22)27/h8-11,13-15H,3-7,12,16-17H2,1-2H3,(H,28,32). The second kappa shape index (κ2) is 13.0. The summed E-state index contributed by atoms with van der Waals surface area (Å²) in [5.74, 6) is 1.41. The molecule has 1 amide bonds. The van der Waals surface area contributed by atoms with Gasteiger partial charge in [0.05, 0.1) is 17.3 Å². The third-order valence-corrected chi connectivity index (χ3v) is 6.94. The van der Waals surface area contributed by atoms with Gasteiger partial charge < -0.3 is 5.32 Å². The van der Waals surface area contributed by atoms with Crippen molar-refractivity contribution in [2.24, 2.45) is 0 Å². The zero-order valence-electron chi connectivity index (χ0n) is 19.1. The van der Waals surface area contributed by atoms with E-state index < -0.39 is 0 Å². The second-order valence-corrected chi connectivity index (χ2v) is 9.77. The number of benzene rings is 2. The van der Waals surface area contributed by atoms with Crippen LogP contribution in [0, 0.1) is 6.92 Å². The maximum atomic E-state index is 12.3. The number of aryl methyl sites for hydroxylation is 1. The van der Waals surface area contributed by atoms with Crippen LogP contribution in [0.1, 0.15) is 62.4 Å². The van der Waals surface area contributed by atoms with Gasteiger partial charge in [-0.3, -0.25) is 9.36 Å². The zero-order chi connectivity index (χ0) is 23.6. The molecule has 3 aromatic rings. The van der Waals surface area contributed by atoms with Crippen molar-refractivity contribution in [1.29, 1.82) is 0 Å². The molecular weight excluding hydrogens is 475 g/mol. The number of carbonyl (C=O) groups excluding carboxylic acids is 1. The van der Waals surface area contributed by atoms with Crippen LogP contribution in [0.3, 0.4) is 0 Å². The molecule has 1 heterocycles. The van der Waals surface area contributed by atoms with Gasteiger partial charge in [0.25, 0.3) is 0 Å². The van der Waals surface area contributed by atoms with Crippen molar-refractivity contribution in [3.63, 3.8) is 0 Å². The van der Waals surface area contributed by atoms with Gasteiger partial charge in [-0.15, -0.1) is 10.2 Å². The minimum atomic E-state index is 0.0253. The lowest BCUT2D eigenvalue weighted by Crippen LogP contribution is -2.24. The van der Waals surface area contributed by atoms with E-state index in [-0.39, 0.29) is 12.5 Å². The molecule has 0 bridgehead atoms. The van der Waals surface area contributed by atoms with Crippen LogP contribution >= 0.6 is 35.0 Å². The minimum absolute atomic E-state index is 0.0253. The van der Waals surface area contributed by atoms with Crippen molar-refractivity contribution in [1.82, 2.24) is 20.1 Å². The quantitative estimate of drug-likeness (QED) is 0.210. The van der Waals surface area contributed by atoms with Crippen molar-refractivity contribution in [3.8, 4) is 5.69 Å². The first kappa shape index (κ1) is 25.6. The number of carbonyl (C=O) groups is 1. The number of halogens is 2. The van der Waals surface area contributed by atoms with E-state index in [1.807, 2.05) is 22.8 Å². The first-order chi connectivity index (χ1) is 16.0. The maximum Gasteiger partial charge on any atom is 0.220 e. The van der Waals surface area contributed by atoms with Gasteiger partial charge in [-0.2, -0.15) is 0 Å². The number of thioether (sulfide) groups is 1. The van der Waals surface area contributed by atoms with Crippen LogP contribution in [0.4, 0.5) is 0 Å². The average Bonchev–Trinajstić information content (AvgIpc) is 3.19. The summed E-state index contributed by atoms with van der Waals surface area (Å²) < 4.78 is 1.91. The highest BCUT2D eigenvalue weighted by Crippen LogP contribution is 2.31. The lowest BCUT2D eigenvalue weighted by molar-refractivity contribution is -0.121. The molecule has 0 aliphatic carbocycles. The Morgan fingerprint density at radius 3 is 2.61 bits per heavy atom. The fourth-order valence-corrected chi connectivity index (χ4v) is 5.02. The number of hydrogen-bond acceptors (Lipinski definition) is 4. The highest BCUT2D eigenvalue weighted by Gasteiger charge is 2.18. The molecule has 0 radical (unpaired) electrons. The topological polar surface area (TPSA) is 59.8 Å². The molecular formula is C25H30Cl2N4OS. The third kappa shape index (κ3) is 7.49. The number of amides is 1. The van der Waals surface area contributed by atoms with Crippen LogP contribution < -0.4 is 5.32 Å². The van der Waals surface area contributed by atoms with Crippen LogP contribution in [0.2, 0.25) is 10.0 Å². The highest BCUT2D eigenvalue weighted by molar-refractivity contribution is 7.98. The SMILES string of the molecule is CCCCCCCC(=O)NCc1nnc(SCc2ccccc2C)n1-c1ccc(Cl)cc1Cl. The van der Waals surface area contributed by atoms with Crippen molar-refractivity contribution < 1.29 is 4.79 Å². The Morgan fingerprint density at radius 1 is 1.06 bits per heavy atom. The summed E-state index contributed by atoms with van der Waals surface area (Å²) in [6.45, 7) is 4.56. The number of unbranched alkanes of at least 4 members (excludes halogenated alkanes) is 4. The molecule has 0 aliphatic heterocycles. The van der Waals surface area contributed by atoms with Gasteiger partial charge >= 0.3 is 0 Å². The van der Waals surface area contributed by atoms with E-state index in [1.54, 1.807) is 23.9 Å². The predicted molar refractivity (Wildman–Crippen MR) is 137 cm³/mol. The van der Waals surface area contributed by atoms with E-state index in [1.165, 1.54) is 30.4 Å².